The molecule has 2 nitrogen and oxygen atoms in total. The lowest BCUT2D eigenvalue weighted by molar-refractivity contribution is 0.230. The van der Waals surface area contributed by atoms with Crippen LogP contribution in [-0.2, 0) is 0 Å². The van der Waals surface area contributed by atoms with E-state index in [4.69, 9.17) is 12.8 Å². The highest BCUT2D eigenvalue weighted by atomic mass is 19.1. The predicted molar refractivity (Wildman–Crippen MR) is 77.4 cm³/mol. The number of benzene rings is 2. The van der Waals surface area contributed by atoms with E-state index in [1.54, 1.807) is 48.5 Å². The second-order valence-corrected chi connectivity index (χ2v) is 3.97. The summed E-state index contributed by atoms with van der Waals surface area (Å²) in [5.41, 5.74) is 2.10. The Kier molecular flexibility index (Phi) is 3.84. The molecule has 0 fully saturated rings. The molecule has 0 N–H and O–H groups in total. The first-order valence-corrected chi connectivity index (χ1v) is 5.78. The first-order chi connectivity index (χ1) is 9.65. The summed E-state index contributed by atoms with van der Waals surface area (Å²) in [6.45, 7) is 0. The lowest BCUT2D eigenvalue weighted by Gasteiger charge is -2.19. The Morgan fingerprint density at radius 2 is 1.20 bits per heavy atom. The van der Waals surface area contributed by atoms with Gasteiger partial charge in [0.1, 0.15) is 0 Å². The molecule has 0 heterocycles. The summed E-state index contributed by atoms with van der Waals surface area (Å²) in [7, 11) is 0. The Hall–Kier alpha value is -3.04. The normalized spacial score (nSPS) is 9.35. The van der Waals surface area contributed by atoms with E-state index in [-0.39, 0.29) is 0 Å². The second kappa shape index (κ2) is 5.73. The van der Waals surface area contributed by atoms with Gasteiger partial charge in [0.2, 0.25) is 0 Å². The first-order valence-electron chi connectivity index (χ1n) is 5.78. The topological polar surface area (TPSA) is 20.3 Å². The zero-order chi connectivity index (χ0) is 14.5. The molecule has 20 heavy (non-hydrogen) atoms. The lowest BCUT2D eigenvalue weighted by Crippen LogP contribution is -2.20. The summed E-state index contributed by atoms with van der Waals surface area (Å²) in [5, 5.41) is 0. The summed E-state index contributed by atoms with van der Waals surface area (Å²) in [6.07, 6.45) is 8.93. The molecule has 3 heteroatoms. The number of carbonyl (C=O) groups is 1. The quantitative estimate of drug-likeness (QED) is 0.457. The number of anilines is 2. The molecule has 2 aromatic rings. The molecule has 2 aromatic carbocycles. The number of rotatable bonds is 2. The van der Waals surface area contributed by atoms with E-state index in [2.05, 4.69) is 11.8 Å². The van der Waals surface area contributed by atoms with Gasteiger partial charge in [0.05, 0.1) is 11.4 Å². The van der Waals surface area contributed by atoms with Gasteiger partial charge in [-0.1, -0.05) is 11.8 Å². The van der Waals surface area contributed by atoms with E-state index in [1.165, 1.54) is 0 Å². The third-order valence-corrected chi connectivity index (χ3v) is 2.76. The third kappa shape index (κ3) is 2.68. The van der Waals surface area contributed by atoms with E-state index >= 15 is 0 Å². The summed E-state index contributed by atoms with van der Waals surface area (Å²) >= 11 is 0. The van der Waals surface area contributed by atoms with E-state index in [9.17, 15) is 9.18 Å². The monoisotopic (exact) mass is 263 g/mol. The molecule has 0 aromatic heterocycles. The van der Waals surface area contributed by atoms with Gasteiger partial charge in [0.15, 0.2) is 0 Å². The van der Waals surface area contributed by atoms with Gasteiger partial charge in [-0.3, -0.25) is 4.90 Å². The number of halogens is 1. The number of nitrogens with zero attached hydrogens (tertiary/aromatic N) is 1. The molecule has 96 valence electrons. The molecular weight excluding hydrogens is 253 g/mol. The van der Waals surface area contributed by atoms with Crippen LogP contribution < -0.4 is 4.90 Å². The van der Waals surface area contributed by atoms with Gasteiger partial charge in [-0.2, -0.15) is 0 Å². The van der Waals surface area contributed by atoms with Gasteiger partial charge in [-0.05, 0) is 48.5 Å². The summed E-state index contributed by atoms with van der Waals surface area (Å²) < 4.78 is 13.3. The van der Waals surface area contributed by atoms with Gasteiger partial charge in [0, 0.05) is 11.1 Å². The molecule has 2 rings (SSSR count). The fourth-order valence-corrected chi connectivity index (χ4v) is 1.77. The molecule has 0 atom stereocenters. The standard InChI is InChI=1S/C17H10FNO/c1-3-13-5-9-15(10-6-13)19(17(18)20)16-11-7-14(4-2)8-12-16/h1-2,5-12H. The Morgan fingerprint density at radius 3 is 1.45 bits per heavy atom. The maximum atomic E-state index is 13.3. The van der Waals surface area contributed by atoms with Crippen molar-refractivity contribution in [2.45, 2.75) is 0 Å². The van der Waals surface area contributed by atoms with Crippen molar-refractivity contribution in [1.29, 1.82) is 0 Å². The minimum absolute atomic E-state index is 0.393. The van der Waals surface area contributed by atoms with Crippen LogP contribution in [-0.4, -0.2) is 6.16 Å². The highest BCUT2D eigenvalue weighted by molar-refractivity contribution is 5.95. The fourth-order valence-electron chi connectivity index (χ4n) is 1.77. The van der Waals surface area contributed by atoms with Crippen LogP contribution in [0.15, 0.2) is 48.5 Å². The highest BCUT2D eigenvalue weighted by Crippen LogP contribution is 2.26. The zero-order valence-corrected chi connectivity index (χ0v) is 10.5. The fraction of sp³-hybridized carbons (Fsp3) is 0. The molecule has 0 spiro atoms. The van der Waals surface area contributed by atoms with Crippen LogP contribution in [0.5, 0.6) is 0 Å². The van der Waals surface area contributed by atoms with Gasteiger partial charge in [-0.25, -0.2) is 4.79 Å². The number of terminal acetylenes is 2. The molecule has 0 aliphatic carbocycles. The summed E-state index contributed by atoms with van der Waals surface area (Å²) in [5.74, 6) is 4.92. The van der Waals surface area contributed by atoms with E-state index in [0.29, 0.717) is 22.5 Å². The molecule has 1 amide bonds. The van der Waals surface area contributed by atoms with Crippen LogP contribution in [0, 0.1) is 24.7 Å². The van der Waals surface area contributed by atoms with Crippen molar-refractivity contribution in [1.82, 2.24) is 0 Å². The Morgan fingerprint density at radius 1 is 0.850 bits per heavy atom. The summed E-state index contributed by atoms with van der Waals surface area (Å²) in [6, 6.07) is 12.9. The van der Waals surface area contributed by atoms with Crippen LogP contribution in [0.2, 0.25) is 0 Å². The Bertz CT molecular complexity index is 645. The van der Waals surface area contributed by atoms with Crippen molar-refractivity contribution >= 4 is 17.5 Å². The van der Waals surface area contributed by atoms with Crippen LogP contribution in [0.25, 0.3) is 0 Å². The lowest BCUT2D eigenvalue weighted by atomic mass is 10.1. The molecular formula is C17H10FNO. The molecule has 0 radical (unpaired) electrons. The highest BCUT2D eigenvalue weighted by Gasteiger charge is 2.17. The zero-order valence-electron chi connectivity index (χ0n) is 10.5. The first kappa shape index (κ1) is 13.4. The minimum Gasteiger partial charge on any atom is -0.253 e. The molecule has 0 aliphatic heterocycles. The minimum atomic E-state index is -1.58. The van der Waals surface area contributed by atoms with Crippen molar-refractivity contribution in [3.05, 3.63) is 59.7 Å². The van der Waals surface area contributed by atoms with Crippen LogP contribution in [0.4, 0.5) is 20.6 Å². The maximum absolute atomic E-state index is 13.3. The van der Waals surface area contributed by atoms with Gasteiger partial charge in [-0.15, -0.1) is 17.2 Å². The van der Waals surface area contributed by atoms with Gasteiger partial charge < -0.3 is 0 Å². The van der Waals surface area contributed by atoms with Crippen LogP contribution >= 0.6 is 0 Å². The van der Waals surface area contributed by atoms with Crippen molar-refractivity contribution in [2.24, 2.45) is 0 Å². The Labute approximate surface area is 116 Å². The van der Waals surface area contributed by atoms with E-state index < -0.39 is 6.16 Å². The van der Waals surface area contributed by atoms with Crippen molar-refractivity contribution in [2.75, 3.05) is 4.90 Å². The number of hydrogen-bond acceptors (Lipinski definition) is 1. The molecule has 0 bridgehead atoms. The average molecular weight is 263 g/mol. The van der Waals surface area contributed by atoms with Gasteiger partial charge >= 0.3 is 6.16 Å². The van der Waals surface area contributed by atoms with Crippen molar-refractivity contribution < 1.29 is 9.18 Å². The molecule has 0 aliphatic rings. The van der Waals surface area contributed by atoms with E-state index in [1.807, 2.05) is 0 Å². The van der Waals surface area contributed by atoms with Crippen molar-refractivity contribution in [3.63, 3.8) is 0 Å². The maximum Gasteiger partial charge on any atom is 0.409 e. The smallest absolute Gasteiger partial charge is 0.253 e. The predicted octanol–water partition coefficient (Wildman–Crippen LogP) is 3.88. The SMILES string of the molecule is C#Cc1ccc(N(C(=O)F)c2ccc(C#C)cc2)cc1. The summed E-state index contributed by atoms with van der Waals surface area (Å²) in [4.78, 5) is 12.2. The van der Waals surface area contributed by atoms with Crippen LogP contribution in [0.1, 0.15) is 11.1 Å². The number of hydrogen-bond donors (Lipinski definition) is 0. The molecule has 0 saturated carbocycles. The number of carbonyl (C=O) groups excluding carboxylic acids is 1. The molecule has 0 unspecified atom stereocenters. The number of amides is 1. The second-order valence-electron chi connectivity index (χ2n) is 3.97. The van der Waals surface area contributed by atoms with E-state index in [0.717, 1.165) is 4.90 Å². The third-order valence-electron chi connectivity index (χ3n) is 2.76. The Balaban J connectivity index is 2.42. The van der Waals surface area contributed by atoms with Crippen molar-refractivity contribution in [3.8, 4) is 24.7 Å². The average Bonchev–Trinajstić information content (AvgIpc) is 2.48. The van der Waals surface area contributed by atoms with Gasteiger partial charge in [0.25, 0.3) is 0 Å². The molecule has 0 saturated heterocycles. The van der Waals surface area contributed by atoms with Crippen LogP contribution in [0.3, 0.4) is 0 Å². The largest absolute Gasteiger partial charge is 0.409 e.